The van der Waals surface area contributed by atoms with E-state index in [1.807, 2.05) is 50.2 Å². The summed E-state index contributed by atoms with van der Waals surface area (Å²) in [5.41, 5.74) is 5.89. The third-order valence-corrected chi connectivity index (χ3v) is 8.50. The molecule has 2 aliphatic rings. The van der Waals surface area contributed by atoms with Crippen LogP contribution >= 0.6 is 0 Å². The summed E-state index contributed by atoms with van der Waals surface area (Å²) in [6, 6.07) is 13.9. The molecule has 12 heteroatoms. The van der Waals surface area contributed by atoms with Gasteiger partial charge in [-0.05, 0) is 65.4 Å². The van der Waals surface area contributed by atoms with E-state index in [0.717, 1.165) is 32.7 Å². The van der Waals surface area contributed by atoms with Crippen LogP contribution in [0.25, 0.3) is 22.3 Å². The number of imide groups is 1. The van der Waals surface area contributed by atoms with E-state index in [1.54, 1.807) is 13.1 Å². The Morgan fingerprint density at radius 1 is 0.978 bits per heavy atom. The van der Waals surface area contributed by atoms with Crippen molar-refractivity contribution >= 4 is 29.6 Å². The first-order valence-electron chi connectivity index (χ1n) is 14.6. The van der Waals surface area contributed by atoms with E-state index in [4.69, 9.17) is 4.74 Å². The van der Waals surface area contributed by atoms with Crippen LogP contribution in [0.15, 0.2) is 48.5 Å². The second kappa shape index (κ2) is 12.9. The SMILES string of the molecule is COc1cc(-c2cccc(-c3cccc(NC(=O)C4CN(C)C(=O)N(C)C4=O)c3C)c2C)cc(F)c1CNC1CNC(=O)NC1. The Morgan fingerprint density at radius 3 is 2.31 bits per heavy atom. The van der Waals surface area contributed by atoms with Crippen molar-refractivity contribution in [1.29, 1.82) is 0 Å². The molecule has 0 radical (unpaired) electrons. The molecule has 0 aromatic heterocycles. The number of methoxy groups -OCH3 is 1. The Bertz CT molecular complexity index is 1670. The van der Waals surface area contributed by atoms with E-state index in [1.165, 1.54) is 25.1 Å². The molecule has 1 atom stereocenters. The van der Waals surface area contributed by atoms with E-state index >= 15 is 4.39 Å². The van der Waals surface area contributed by atoms with Crippen LogP contribution in [-0.4, -0.2) is 80.6 Å². The van der Waals surface area contributed by atoms with Crippen LogP contribution in [0.5, 0.6) is 5.75 Å². The van der Waals surface area contributed by atoms with Gasteiger partial charge in [0.05, 0.1) is 7.11 Å². The second-order valence-electron chi connectivity index (χ2n) is 11.4. The topological polar surface area (TPSA) is 132 Å². The number of anilines is 1. The van der Waals surface area contributed by atoms with E-state index in [-0.39, 0.29) is 25.2 Å². The zero-order valence-corrected chi connectivity index (χ0v) is 25.9. The van der Waals surface area contributed by atoms with Crippen molar-refractivity contribution in [2.75, 3.05) is 46.2 Å². The highest BCUT2D eigenvalue weighted by atomic mass is 19.1. The number of halogens is 1. The van der Waals surface area contributed by atoms with Crippen LogP contribution in [0, 0.1) is 25.6 Å². The summed E-state index contributed by atoms with van der Waals surface area (Å²) in [4.78, 5) is 51.6. The molecule has 0 saturated carbocycles. The number of carbonyl (C=O) groups is 4. The van der Waals surface area contributed by atoms with Crippen molar-refractivity contribution in [2.24, 2.45) is 5.92 Å². The molecule has 45 heavy (non-hydrogen) atoms. The fourth-order valence-electron chi connectivity index (χ4n) is 5.81. The van der Waals surface area contributed by atoms with E-state index < -0.39 is 29.6 Å². The predicted octanol–water partition coefficient (Wildman–Crippen LogP) is 3.63. The lowest BCUT2D eigenvalue weighted by atomic mass is 9.90. The molecule has 0 spiro atoms. The molecule has 3 aromatic carbocycles. The summed E-state index contributed by atoms with van der Waals surface area (Å²) in [5, 5.41) is 11.6. The van der Waals surface area contributed by atoms with Gasteiger partial charge in [-0.3, -0.25) is 14.5 Å². The molecule has 4 N–H and O–H groups in total. The molecule has 3 aromatic rings. The number of nitrogens with one attached hydrogen (secondary N) is 4. The number of rotatable bonds is 8. The van der Waals surface area contributed by atoms with Gasteiger partial charge in [0.1, 0.15) is 17.5 Å². The summed E-state index contributed by atoms with van der Waals surface area (Å²) in [5.74, 6) is -2.05. The van der Waals surface area contributed by atoms with Crippen molar-refractivity contribution in [3.8, 4) is 28.0 Å². The standard InChI is InChI=1S/C33H37FN6O5/c1-18-22(20-12-27(34)25(29(13-20)45-5)16-35-21-14-36-32(43)37-15-21)8-6-9-23(18)24-10-7-11-28(19(24)2)38-30(41)26-17-39(3)33(44)40(4)31(26)42/h6-13,21,26,35H,14-17H2,1-5H3,(H,38,41)(H2,36,37,43). The van der Waals surface area contributed by atoms with Crippen molar-refractivity contribution in [1.82, 2.24) is 25.8 Å². The van der Waals surface area contributed by atoms with Crippen molar-refractivity contribution in [3.63, 3.8) is 0 Å². The first-order chi connectivity index (χ1) is 21.5. The second-order valence-corrected chi connectivity index (χ2v) is 11.4. The molecule has 236 valence electrons. The molecule has 2 aliphatic heterocycles. The van der Waals surface area contributed by atoms with Gasteiger partial charge < -0.3 is 30.9 Å². The normalized spacial score (nSPS) is 17.2. The van der Waals surface area contributed by atoms with Crippen LogP contribution < -0.4 is 26.0 Å². The van der Waals surface area contributed by atoms with E-state index in [9.17, 15) is 19.2 Å². The number of nitrogens with zero attached hydrogens (tertiary/aromatic N) is 2. The highest BCUT2D eigenvalue weighted by Crippen LogP contribution is 2.38. The monoisotopic (exact) mass is 616 g/mol. The van der Waals surface area contributed by atoms with Gasteiger partial charge in [-0.2, -0.15) is 0 Å². The number of carbonyl (C=O) groups excluding carboxylic acids is 4. The number of urea groups is 2. The smallest absolute Gasteiger partial charge is 0.326 e. The number of ether oxygens (including phenoxy) is 1. The van der Waals surface area contributed by atoms with Gasteiger partial charge in [0.25, 0.3) is 0 Å². The van der Waals surface area contributed by atoms with Crippen LogP contribution in [-0.2, 0) is 16.1 Å². The number of hydrogen-bond donors (Lipinski definition) is 4. The largest absolute Gasteiger partial charge is 0.496 e. The lowest BCUT2D eigenvalue weighted by Crippen LogP contribution is -2.56. The third-order valence-electron chi connectivity index (χ3n) is 8.50. The molecule has 2 fully saturated rings. The Morgan fingerprint density at radius 2 is 1.62 bits per heavy atom. The summed E-state index contributed by atoms with van der Waals surface area (Å²) >= 11 is 0. The zero-order chi connectivity index (χ0) is 32.4. The molecular formula is C33H37FN6O5. The van der Waals surface area contributed by atoms with Gasteiger partial charge in [-0.25, -0.2) is 14.0 Å². The first-order valence-corrected chi connectivity index (χ1v) is 14.6. The lowest BCUT2D eigenvalue weighted by Gasteiger charge is -2.33. The van der Waals surface area contributed by atoms with Gasteiger partial charge in [-0.15, -0.1) is 0 Å². The maximum Gasteiger partial charge on any atom is 0.326 e. The Balaban J connectivity index is 1.40. The molecule has 11 nitrogen and oxygen atoms in total. The van der Waals surface area contributed by atoms with E-state index in [2.05, 4.69) is 21.3 Å². The summed E-state index contributed by atoms with van der Waals surface area (Å²) < 4.78 is 21.1. The fourth-order valence-corrected chi connectivity index (χ4v) is 5.81. The third kappa shape index (κ3) is 6.32. The molecular weight excluding hydrogens is 579 g/mol. The van der Waals surface area contributed by atoms with Gasteiger partial charge >= 0.3 is 12.1 Å². The van der Waals surface area contributed by atoms with Crippen molar-refractivity contribution in [3.05, 3.63) is 71.0 Å². The average Bonchev–Trinajstić information content (AvgIpc) is 3.03. The van der Waals surface area contributed by atoms with Gasteiger partial charge in [-0.1, -0.05) is 30.3 Å². The highest BCUT2D eigenvalue weighted by Gasteiger charge is 2.39. The molecule has 0 bridgehead atoms. The maximum atomic E-state index is 15.5. The molecule has 6 amide bonds. The zero-order valence-electron chi connectivity index (χ0n) is 25.9. The lowest BCUT2D eigenvalue weighted by molar-refractivity contribution is -0.140. The summed E-state index contributed by atoms with van der Waals surface area (Å²) in [6.07, 6.45) is 0. The van der Waals surface area contributed by atoms with Crippen molar-refractivity contribution < 1.29 is 28.3 Å². The average molecular weight is 617 g/mol. The van der Waals surface area contributed by atoms with Gasteiger partial charge in [0, 0.05) is 57.6 Å². The van der Waals surface area contributed by atoms with Gasteiger partial charge in [0.15, 0.2) is 0 Å². The highest BCUT2D eigenvalue weighted by molar-refractivity contribution is 6.12. The van der Waals surface area contributed by atoms with Crippen LogP contribution in [0.4, 0.5) is 19.7 Å². The molecule has 2 heterocycles. The molecule has 0 aliphatic carbocycles. The first kappa shape index (κ1) is 31.5. The van der Waals surface area contributed by atoms with Crippen LogP contribution in [0.3, 0.4) is 0 Å². The van der Waals surface area contributed by atoms with E-state index in [0.29, 0.717) is 35.7 Å². The number of hydrogen-bond acceptors (Lipinski definition) is 6. The Hall–Kier alpha value is -4.97. The Kier molecular flexibility index (Phi) is 9.05. The van der Waals surface area contributed by atoms with Crippen LogP contribution in [0.1, 0.15) is 16.7 Å². The molecule has 1 unspecified atom stereocenters. The molecule has 5 rings (SSSR count). The predicted molar refractivity (Wildman–Crippen MR) is 168 cm³/mol. The number of amides is 6. The minimum Gasteiger partial charge on any atom is -0.496 e. The maximum absolute atomic E-state index is 15.5. The minimum atomic E-state index is -1.02. The molecule has 2 saturated heterocycles. The quantitative estimate of drug-likeness (QED) is 0.286. The Labute approximate surface area is 261 Å². The van der Waals surface area contributed by atoms with Gasteiger partial charge in [0.2, 0.25) is 11.8 Å². The fraction of sp³-hybridized carbons (Fsp3) is 0.333. The van der Waals surface area contributed by atoms with Crippen LogP contribution in [0.2, 0.25) is 0 Å². The number of benzene rings is 3. The summed E-state index contributed by atoms with van der Waals surface area (Å²) in [6.45, 7) is 4.96. The minimum absolute atomic E-state index is 0.00138. The summed E-state index contributed by atoms with van der Waals surface area (Å²) in [7, 11) is 4.42. The van der Waals surface area contributed by atoms with Crippen molar-refractivity contribution in [2.45, 2.75) is 26.4 Å².